The molecular weight excluding hydrogens is 284 g/mol. The molecular formula is C9H8BrClN2S. The first-order valence-electron chi connectivity index (χ1n) is 4.08. The largest absolute Gasteiger partial charge is 0.332 e. The molecule has 0 N–H and O–H groups in total. The van der Waals surface area contributed by atoms with Gasteiger partial charge in [-0.05, 0) is 27.4 Å². The quantitative estimate of drug-likeness (QED) is 0.792. The Labute approximate surface area is 99.7 Å². The third-order valence-electron chi connectivity index (χ3n) is 1.84. The molecule has 0 atom stereocenters. The van der Waals surface area contributed by atoms with E-state index >= 15 is 0 Å². The van der Waals surface area contributed by atoms with Crippen molar-refractivity contribution in [2.24, 2.45) is 0 Å². The number of alkyl halides is 1. The van der Waals surface area contributed by atoms with Crippen LogP contribution in [0.4, 0.5) is 0 Å². The van der Waals surface area contributed by atoms with Crippen molar-refractivity contribution in [3.05, 3.63) is 39.0 Å². The Hall–Kier alpha value is -0.320. The number of nitrogens with zero attached hydrogens (tertiary/aromatic N) is 2. The van der Waals surface area contributed by atoms with Crippen LogP contribution in [0.15, 0.2) is 28.4 Å². The molecule has 0 saturated heterocycles. The van der Waals surface area contributed by atoms with E-state index in [9.17, 15) is 0 Å². The first-order valence-corrected chi connectivity index (χ1v) is 6.29. The van der Waals surface area contributed by atoms with E-state index in [1.165, 1.54) is 4.88 Å². The zero-order valence-corrected chi connectivity index (χ0v) is 10.4. The number of hydrogen-bond donors (Lipinski definition) is 0. The molecule has 0 aliphatic heterocycles. The minimum Gasteiger partial charge on any atom is -0.332 e. The van der Waals surface area contributed by atoms with Gasteiger partial charge in [0.05, 0.1) is 24.4 Å². The Bertz CT molecular complexity index is 424. The van der Waals surface area contributed by atoms with Crippen molar-refractivity contribution in [3.63, 3.8) is 0 Å². The van der Waals surface area contributed by atoms with Gasteiger partial charge in [-0.3, -0.25) is 0 Å². The second-order valence-electron chi connectivity index (χ2n) is 2.86. The maximum absolute atomic E-state index is 5.67. The number of aromatic nitrogens is 2. The smallest absolute Gasteiger partial charge is 0.0953 e. The van der Waals surface area contributed by atoms with Gasteiger partial charge in [-0.2, -0.15) is 0 Å². The van der Waals surface area contributed by atoms with Gasteiger partial charge in [-0.25, -0.2) is 4.98 Å². The highest BCUT2D eigenvalue weighted by Crippen LogP contribution is 2.23. The Morgan fingerprint density at radius 3 is 3.00 bits per heavy atom. The molecule has 0 amide bonds. The Balaban J connectivity index is 2.15. The van der Waals surface area contributed by atoms with Crippen molar-refractivity contribution < 1.29 is 0 Å². The summed E-state index contributed by atoms with van der Waals surface area (Å²) in [4.78, 5) is 5.46. The second kappa shape index (κ2) is 4.47. The summed E-state index contributed by atoms with van der Waals surface area (Å²) in [6.07, 6.45) is 3.78. The number of rotatable bonds is 3. The lowest BCUT2D eigenvalue weighted by atomic mass is 10.4. The van der Waals surface area contributed by atoms with E-state index in [0.29, 0.717) is 5.88 Å². The molecule has 5 heteroatoms. The molecule has 0 saturated carbocycles. The number of hydrogen-bond acceptors (Lipinski definition) is 2. The SMILES string of the molecule is ClCc1cn(Cc2sccc2Br)cn1. The van der Waals surface area contributed by atoms with E-state index in [4.69, 9.17) is 11.6 Å². The first kappa shape index (κ1) is 10.2. The molecule has 0 unspecified atom stereocenters. The fraction of sp³-hybridized carbons (Fsp3) is 0.222. The Morgan fingerprint density at radius 1 is 1.57 bits per heavy atom. The normalized spacial score (nSPS) is 10.7. The molecule has 2 heterocycles. The molecule has 0 aliphatic rings. The zero-order chi connectivity index (χ0) is 9.97. The Kier molecular flexibility index (Phi) is 3.26. The lowest BCUT2D eigenvalue weighted by Crippen LogP contribution is -1.94. The van der Waals surface area contributed by atoms with Crippen LogP contribution < -0.4 is 0 Å². The maximum Gasteiger partial charge on any atom is 0.0953 e. The third-order valence-corrected chi connectivity index (χ3v) is 4.03. The summed E-state index contributed by atoms with van der Waals surface area (Å²) >= 11 is 10.9. The van der Waals surface area contributed by atoms with Gasteiger partial charge in [0.2, 0.25) is 0 Å². The van der Waals surface area contributed by atoms with Gasteiger partial charge in [-0.1, -0.05) is 0 Å². The highest BCUT2D eigenvalue weighted by Gasteiger charge is 2.03. The van der Waals surface area contributed by atoms with Crippen LogP contribution in [0, 0.1) is 0 Å². The summed E-state index contributed by atoms with van der Waals surface area (Å²) in [7, 11) is 0. The van der Waals surface area contributed by atoms with E-state index in [-0.39, 0.29) is 0 Å². The predicted molar refractivity (Wildman–Crippen MR) is 62.9 cm³/mol. The average molecular weight is 292 g/mol. The van der Waals surface area contributed by atoms with Gasteiger partial charge in [0.1, 0.15) is 0 Å². The fourth-order valence-corrected chi connectivity index (χ4v) is 2.79. The van der Waals surface area contributed by atoms with Gasteiger partial charge < -0.3 is 4.57 Å². The van der Waals surface area contributed by atoms with E-state index in [2.05, 4.69) is 32.4 Å². The summed E-state index contributed by atoms with van der Waals surface area (Å²) in [6, 6.07) is 2.05. The number of imidazole rings is 1. The predicted octanol–water partition coefficient (Wildman–Crippen LogP) is 3.49. The topological polar surface area (TPSA) is 17.8 Å². The lowest BCUT2D eigenvalue weighted by molar-refractivity contribution is 0.807. The maximum atomic E-state index is 5.67. The minimum absolute atomic E-state index is 0.471. The van der Waals surface area contributed by atoms with Crippen LogP contribution in [0.25, 0.3) is 0 Å². The molecule has 2 aromatic heterocycles. The number of halogens is 2. The van der Waals surface area contributed by atoms with Crippen molar-refractivity contribution in [2.45, 2.75) is 12.4 Å². The Morgan fingerprint density at radius 2 is 2.43 bits per heavy atom. The van der Waals surface area contributed by atoms with Crippen LogP contribution in [-0.2, 0) is 12.4 Å². The summed E-state index contributed by atoms with van der Waals surface area (Å²) < 4.78 is 3.19. The molecule has 2 rings (SSSR count). The van der Waals surface area contributed by atoms with Gasteiger partial charge in [0.15, 0.2) is 0 Å². The molecule has 0 radical (unpaired) electrons. The molecule has 0 fully saturated rings. The molecule has 2 nitrogen and oxygen atoms in total. The summed E-state index contributed by atoms with van der Waals surface area (Å²) in [5, 5.41) is 2.07. The molecule has 2 aromatic rings. The van der Waals surface area contributed by atoms with Crippen molar-refractivity contribution >= 4 is 38.9 Å². The highest BCUT2D eigenvalue weighted by molar-refractivity contribution is 9.10. The van der Waals surface area contributed by atoms with Crippen LogP contribution in [0.1, 0.15) is 10.6 Å². The molecule has 0 aromatic carbocycles. The average Bonchev–Trinajstić information content (AvgIpc) is 2.77. The summed E-state index contributed by atoms with van der Waals surface area (Å²) in [5.74, 6) is 0.471. The standard InChI is InChI=1S/C9H8BrClN2S/c10-8-1-2-14-9(8)5-13-4-7(3-11)12-6-13/h1-2,4,6H,3,5H2. The third kappa shape index (κ3) is 2.19. The summed E-state index contributed by atoms with van der Waals surface area (Å²) in [6.45, 7) is 0.849. The monoisotopic (exact) mass is 290 g/mol. The minimum atomic E-state index is 0.471. The van der Waals surface area contributed by atoms with E-state index < -0.39 is 0 Å². The van der Waals surface area contributed by atoms with Gasteiger partial charge in [0, 0.05) is 15.5 Å². The van der Waals surface area contributed by atoms with E-state index in [1.54, 1.807) is 11.3 Å². The molecule has 0 spiro atoms. The van der Waals surface area contributed by atoms with Gasteiger partial charge >= 0.3 is 0 Å². The van der Waals surface area contributed by atoms with Crippen molar-refractivity contribution in [3.8, 4) is 0 Å². The zero-order valence-electron chi connectivity index (χ0n) is 7.28. The molecule has 14 heavy (non-hydrogen) atoms. The van der Waals surface area contributed by atoms with Crippen LogP contribution in [-0.4, -0.2) is 9.55 Å². The van der Waals surface area contributed by atoms with Crippen molar-refractivity contribution in [1.29, 1.82) is 0 Å². The first-order chi connectivity index (χ1) is 6.79. The highest BCUT2D eigenvalue weighted by atomic mass is 79.9. The van der Waals surface area contributed by atoms with Crippen molar-refractivity contribution in [2.75, 3.05) is 0 Å². The van der Waals surface area contributed by atoms with E-state index in [0.717, 1.165) is 16.7 Å². The van der Waals surface area contributed by atoms with Gasteiger partial charge in [-0.15, -0.1) is 22.9 Å². The lowest BCUT2D eigenvalue weighted by Gasteiger charge is -1.99. The molecule has 0 aliphatic carbocycles. The summed E-state index contributed by atoms with van der Waals surface area (Å²) in [5.41, 5.74) is 0.916. The van der Waals surface area contributed by atoms with Crippen LogP contribution in [0.5, 0.6) is 0 Å². The van der Waals surface area contributed by atoms with Crippen molar-refractivity contribution in [1.82, 2.24) is 9.55 Å². The van der Waals surface area contributed by atoms with Crippen LogP contribution in [0.2, 0.25) is 0 Å². The van der Waals surface area contributed by atoms with Crippen LogP contribution in [0.3, 0.4) is 0 Å². The van der Waals surface area contributed by atoms with Gasteiger partial charge in [0.25, 0.3) is 0 Å². The molecule has 74 valence electrons. The van der Waals surface area contributed by atoms with E-state index in [1.807, 2.05) is 17.1 Å². The fourth-order valence-electron chi connectivity index (χ4n) is 1.17. The molecule has 0 bridgehead atoms. The number of thiophene rings is 1. The van der Waals surface area contributed by atoms with Crippen LogP contribution >= 0.6 is 38.9 Å². The second-order valence-corrected chi connectivity index (χ2v) is 4.98.